The molecule has 1 aromatic heterocycles. The maximum absolute atomic E-state index is 6.09. The highest BCUT2D eigenvalue weighted by molar-refractivity contribution is 6.30. The summed E-state index contributed by atoms with van der Waals surface area (Å²) in [7, 11) is 1.99. The lowest BCUT2D eigenvalue weighted by Crippen LogP contribution is -2.19. The maximum atomic E-state index is 6.09. The summed E-state index contributed by atoms with van der Waals surface area (Å²) in [5, 5.41) is 8.92. The average Bonchev–Trinajstić information content (AvgIpc) is 3.15. The Labute approximate surface area is 131 Å². The Kier molecular flexibility index (Phi) is 4.61. The molecule has 21 heavy (non-hydrogen) atoms. The minimum Gasteiger partial charge on any atom is -0.313 e. The van der Waals surface area contributed by atoms with Crippen LogP contribution in [0.4, 0.5) is 0 Å². The number of nitrogens with one attached hydrogen (secondary N) is 1. The summed E-state index contributed by atoms with van der Waals surface area (Å²) in [6.07, 6.45) is 8.23. The molecule has 1 N–H and O–H groups in total. The van der Waals surface area contributed by atoms with Crippen molar-refractivity contribution in [2.75, 3.05) is 7.05 Å². The van der Waals surface area contributed by atoms with E-state index in [1.165, 1.54) is 31.2 Å². The quantitative estimate of drug-likeness (QED) is 0.899. The predicted molar refractivity (Wildman–Crippen MR) is 86.7 cm³/mol. The zero-order valence-electron chi connectivity index (χ0n) is 12.4. The highest BCUT2D eigenvalue weighted by atomic mass is 35.5. The first-order chi connectivity index (χ1) is 10.3. The molecular formula is C17H22ClN3. The second-order valence-corrected chi connectivity index (χ2v) is 6.26. The fourth-order valence-electron chi connectivity index (χ4n) is 3.18. The van der Waals surface area contributed by atoms with Gasteiger partial charge >= 0.3 is 0 Å². The van der Waals surface area contributed by atoms with Crippen molar-refractivity contribution in [2.24, 2.45) is 0 Å². The van der Waals surface area contributed by atoms with Crippen LogP contribution in [-0.4, -0.2) is 16.8 Å². The Morgan fingerprint density at radius 1 is 1.33 bits per heavy atom. The van der Waals surface area contributed by atoms with Gasteiger partial charge in [0.05, 0.1) is 11.7 Å². The van der Waals surface area contributed by atoms with Gasteiger partial charge in [-0.2, -0.15) is 5.10 Å². The number of rotatable bonds is 5. The Balaban J connectivity index is 1.72. The summed E-state index contributed by atoms with van der Waals surface area (Å²) in [5.74, 6) is 0. The number of benzene rings is 1. The molecule has 1 aliphatic carbocycles. The van der Waals surface area contributed by atoms with Crippen LogP contribution in [0.1, 0.15) is 49.0 Å². The van der Waals surface area contributed by atoms with Crippen molar-refractivity contribution in [3.8, 4) is 0 Å². The average molecular weight is 304 g/mol. The minimum absolute atomic E-state index is 0.246. The standard InChI is InChI=1S/C17H22ClN3/c1-19-17(13-5-4-6-14(18)11-13)12-15-9-10-21(20-15)16-7-2-3-8-16/h4-6,9-11,16-17,19H,2-3,7-8,12H2,1H3. The monoisotopic (exact) mass is 303 g/mol. The number of likely N-dealkylation sites (N-methyl/N-ethyl adjacent to an activating group) is 1. The van der Waals surface area contributed by atoms with Crippen LogP contribution in [-0.2, 0) is 6.42 Å². The lowest BCUT2D eigenvalue weighted by Gasteiger charge is -2.16. The van der Waals surface area contributed by atoms with Crippen molar-refractivity contribution in [1.29, 1.82) is 0 Å². The molecular weight excluding hydrogens is 282 g/mol. The number of hydrogen-bond donors (Lipinski definition) is 1. The molecule has 2 aromatic rings. The van der Waals surface area contributed by atoms with E-state index in [0.29, 0.717) is 6.04 Å². The van der Waals surface area contributed by atoms with E-state index in [1.807, 2.05) is 25.2 Å². The van der Waals surface area contributed by atoms with E-state index in [4.69, 9.17) is 16.7 Å². The van der Waals surface area contributed by atoms with E-state index in [-0.39, 0.29) is 6.04 Å². The molecule has 1 unspecified atom stereocenters. The molecule has 112 valence electrons. The first-order valence-electron chi connectivity index (χ1n) is 7.73. The second kappa shape index (κ2) is 6.63. The van der Waals surface area contributed by atoms with E-state index in [2.05, 4.69) is 28.3 Å². The van der Waals surface area contributed by atoms with Gasteiger partial charge in [-0.05, 0) is 43.7 Å². The maximum Gasteiger partial charge on any atom is 0.0643 e. The van der Waals surface area contributed by atoms with Gasteiger partial charge in [-0.15, -0.1) is 0 Å². The van der Waals surface area contributed by atoms with E-state index in [9.17, 15) is 0 Å². The number of aromatic nitrogens is 2. The Bertz CT molecular complexity index is 587. The van der Waals surface area contributed by atoms with Gasteiger partial charge in [0.15, 0.2) is 0 Å². The van der Waals surface area contributed by atoms with Crippen LogP contribution >= 0.6 is 11.6 Å². The van der Waals surface area contributed by atoms with Gasteiger partial charge in [-0.1, -0.05) is 36.6 Å². The topological polar surface area (TPSA) is 29.9 Å². The molecule has 0 aliphatic heterocycles. The lowest BCUT2D eigenvalue weighted by atomic mass is 10.0. The van der Waals surface area contributed by atoms with Gasteiger partial charge in [0.25, 0.3) is 0 Å². The summed E-state index contributed by atoms with van der Waals surface area (Å²) in [5.41, 5.74) is 2.35. The Hall–Kier alpha value is -1.32. The zero-order chi connectivity index (χ0) is 14.7. The summed E-state index contributed by atoms with van der Waals surface area (Å²) in [6, 6.07) is 11.0. The molecule has 1 saturated carbocycles. The van der Waals surface area contributed by atoms with Gasteiger partial charge in [-0.25, -0.2) is 0 Å². The van der Waals surface area contributed by atoms with E-state index < -0.39 is 0 Å². The van der Waals surface area contributed by atoms with Crippen LogP contribution in [0.3, 0.4) is 0 Å². The van der Waals surface area contributed by atoms with Crippen molar-refractivity contribution < 1.29 is 0 Å². The second-order valence-electron chi connectivity index (χ2n) is 5.83. The number of hydrogen-bond acceptors (Lipinski definition) is 2. The molecule has 3 nitrogen and oxygen atoms in total. The molecule has 0 saturated heterocycles. The van der Waals surface area contributed by atoms with E-state index in [0.717, 1.165) is 17.1 Å². The Morgan fingerprint density at radius 3 is 2.86 bits per heavy atom. The smallest absolute Gasteiger partial charge is 0.0643 e. The fraction of sp³-hybridized carbons (Fsp3) is 0.471. The van der Waals surface area contributed by atoms with Crippen molar-refractivity contribution in [2.45, 2.75) is 44.2 Å². The van der Waals surface area contributed by atoms with Crippen molar-refractivity contribution >= 4 is 11.6 Å². The molecule has 0 bridgehead atoms. The van der Waals surface area contributed by atoms with Crippen LogP contribution in [0.2, 0.25) is 5.02 Å². The van der Waals surface area contributed by atoms with Crippen LogP contribution in [0, 0.1) is 0 Å². The fourth-order valence-corrected chi connectivity index (χ4v) is 3.38. The largest absolute Gasteiger partial charge is 0.313 e. The molecule has 1 heterocycles. The third kappa shape index (κ3) is 3.47. The highest BCUT2D eigenvalue weighted by Gasteiger charge is 2.18. The number of halogens is 1. The van der Waals surface area contributed by atoms with Crippen LogP contribution in [0.5, 0.6) is 0 Å². The summed E-state index contributed by atoms with van der Waals surface area (Å²) < 4.78 is 2.16. The molecule has 0 radical (unpaired) electrons. The number of nitrogens with zero attached hydrogens (tertiary/aromatic N) is 2. The molecule has 1 aliphatic rings. The minimum atomic E-state index is 0.246. The molecule has 0 amide bonds. The lowest BCUT2D eigenvalue weighted by molar-refractivity contribution is 0.459. The predicted octanol–water partition coefficient (Wildman–Crippen LogP) is 4.15. The summed E-state index contributed by atoms with van der Waals surface area (Å²) >= 11 is 6.09. The van der Waals surface area contributed by atoms with Crippen LogP contribution in [0.15, 0.2) is 36.5 Å². The molecule has 1 atom stereocenters. The first-order valence-corrected chi connectivity index (χ1v) is 8.11. The molecule has 0 spiro atoms. The van der Waals surface area contributed by atoms with Gasteiger partial charge in [0.1, 0.15) is 0 Å². The van der Waals surface area contributed by atoms with Crippen molar-refractivity contribution in [3.05, 3.63) is 52.8 Å². The van der Waals surface area contributed by atoms with Gasteiger partial charge in [-0.3, -0.25) is 4.68 Å². The Morgan fingerprint density at radius 2 is 2.14 bits per heavy atom. The van der Waals surface area contributed by atoms with Crippen LogP contribution in [0.25, 0.3) is 0 Å². The highest BCUT2D eigenvalue weighted by Crippen LogP contribution is 2.29. The van der Waals surface area contributed by atoms with E-state index in [1.54, 1.807) is 0 Å². The van der Waals surface area contributed by atoms with Crippen molar-refractivity contribution in [1.82, 2.24) is 15.1 Å². The molecule has 1 fully saturated rings. The van der Waals surface area contributed by atoms with E-state index >= 15 is 0 Å². The summed E-state index contributed by atoms with van der Waals surface area (Å²) in [6.45, 7) is 0. The first kappa shape index (κ1) is 14.6. The van der Waals surface area contributed by atoms with Crippen LogP contribution < -0.4 is 5.32 Å². The molecule has 1 aromatic carbocycles. The SMILES string of the molecule is CNC(Cc1ccn(C2CCCC2)n1)c1cccc(Cl)c1. The van der Waals surface area contributed by atoms with Gasteiger partial charge in [0, 0.05) is 23.7 Å². The van der Waals surface area contributed by atoms with Gasteiger partial charge < -0.3 is 5.32 Å². The summed E-state index contributed by atoms with van der Waals surface area (Å²) in [4.78, 5) is 0. The third-order valence-electron chi connectivity index (χ3n) is 4.38. The third-order valence-corrected chi connectivity index (χ3v) is 4.61. The normalized spacial score (nSPS) is 17.2. The van der Waals surface area contributed by atoms with Crippen molar-refractivity contribution in [3.63, 3.8) is 0 Å². The zero-order valence-corrected chi connectivity index (χ0v) is 13.2. The molecule has 3 rings (SSSR count). The van der Waals surface area contributed by atoms with Gasteiger partial charge in [0.2, 0.25) is 0 Å². The molecule has 4 heteroatoms.